The number of carbonyl (C=O) groups excluding carboxylic acids is 1. The summed E-state index contributed by atoms with van der Waals surface area (Å²) >= 11 is 0. The molecule has 0 spiro atoms. The summed E-state index contributed by atoms with van der Waals surface area (Å²) in [6.07, 6.45) is 1.43. The first-order valence-corrected chi connectivity index (χ1v) is 6.29. The molecule has 0 saturated heterocycles. The van der Waals surface area contributed by atoms with Gasteiger partial charge in [-0.2, -0.15) is 0 Å². The maximum Gasteiger partial charge on any atom is 0.268 e. The number of aromatic nitrogens is 1. The molecule has 1 aromatic heterocycles. The molecule has 1 amide bonds. The van der Waals surface area contributed by atoms with Crippen molar-refractivity contribution in [3.8, 4) is 5.75 Å². The zero-order valence-corrected chi connectivity index (χ0v) is 11.7. The van der Waals surface area contributed by atoms with Crippen LogP contribution >= 0.6 is 0 Å². The van der Waals surface area contributed by atoms with Crippen molar-refractivity contribution in [1.82, 2.24) is 9.88 Å². The number of hydrogen-bond acceptors (Lipinski definition) is 3. The van der Waals surface area contributed by atoms with Gasteiger partial charge in [0.1, 0.15) is 11.5 Å². The van der Waals surface area contributed by atoms with E-state index < -0.39 is 5.91 Å². The molecule has 2 rings (SSSR count). The molecule has 2 aromatic rings. The number of aryl methyl sites for hydroxylation is 1. The molecule has 0 fully saturated rings. The first-order chi connectivity index (χ1) is 10.0. The number of pyridine rings is 1. The van der Waals surface area contributed by atoms with Crippen molar-refractivity contribution >= 4 is 5.91 Å². The molecule has 21 heavy (non-hydrogen) atoms. The second-order valence-electron chi connectivity index (χ2n) is 4.48. The molecule has 0 aliphatic carbocycles. The molecular formula is C15H15FN2O3. The van der Waals surface area contributed by atoms with Crippen LogP contribution in [-0.4, -0.2) is 17.6 Å². The first-order valence-electron chi connectivity index (χ1n) is 6.29. The van der Waals surface area contributed by atoms with Crippen LogP contribution in [0.1, 0.15) is 16.1 Å². The van der Waals surface area contributed by atoms with Gasteiger partial charge in [0.05, 0.1) is 13.3 Å². The number of carbonyl (C=O) groups is 1. The van der Waals surface area contributed by atoms with E-state index in [-0.39, 0.29) is 29.2 Å². The van der Waals surface area contributed by atoms with E-state index in [1.54, 1.807) is 25.2 Å². The lowest BCUT2D eigenvalue weighted by Crippen LogP contribution is -2.28. The van der Waals surface area contributed by atoms with E-state index in [1.165, 1.54) is 30.0 Å². The number of benzene rings is 1. The number of hydrogen-bond donors (Lipinski definition) is 1. The van der Waals surface area contributed by atoms with E-state index >= 15 is 0 Å². The van der Waals surface area contributed by atoms with Gasteiger partial charge in [-0.3, -0.25) is 9.59 Å². The maximum absolute atomic E-state index is 13.5. The third-order valence-electron chi connectivity index (χ3n) is 3.05. The fourth-order valence-corrected chi connectivity index (χ4v) is 1.89. The smallest absolute Gasteiger partial charge is 0.268 e. The van der Waals surface area contributed by atoms with Crippen molar-refractivity contribution in [2.45, 2.75) is 6.54 Å². The lowest BCUT2D eigenvalue weighted by atomic mass is 10.2. The standard InChI is InChI=1S/C15H15FN2O3/c1-18-9-14(21-2)13(19)7-12(18)15(20)17-8-10-5-3-4-6-11(10)16/h3-7,9H,8H2,1-2H3,(H,17,20). The minimum atomic E-state index is -0.458. The summed E-state index contributed by atoms with van der Waals surface area (Å²) in [6, 6.07) is 7.37. The molecule has 0 saturated carbocycles. The number of amides is 1. The fourth-order valence-electron chi connectivity index (χ4n) is 1.89. The third-order valence-corrected chi connectivity index (χ3v) is 3.05. The van der Waals surface area contributed by atoms with Crippen LogP contribution in [0.5, 0.6) is 5.75 Å². The lowest BCUT2D eigenvalue weighted by Gasteiger charge is -2.11. The van der Waals surface area contributed by atoms with Gasteiger partial charge < -0.3 is 14.6 Å². The Bertz CT molecular complexity index is 725. The predicted molar refractivity (Wildman–Crippen MR) is 75.8 cm³/mol. The summed E-state index contributed by atoms with van der Waals surface area (Å²) in [5.41, 5.74) is 0.174. The normalized spacial score (nSPS) is 10.2. The molecule has 0 aliphatic heterocycles. The van der Waals surface area contributed by atoms with E-state index in [2.05, 4.69) is 5.32 Å². The molecule has 6 heteroatoms. The Morgan fingerprint density at radius 2 is 2.10 bits per heavy atom. The number of nitrogens with zero attached hydrogens (tertiary/aromatic N) is 1. The highest BCUT2D eigenvalue weighted by molar-refractivity contribution is 5.92. The third kappa shape index (κ3) is 3.28. The van der Waals surface area contributed by atoms with Crippen LogP contribution in [0.2, 0.25) is 0 Å². The molecule has 1 heterocycles. The van der Waals surface area contributed by atoms with Crippen molar-refractivity contribution in [1.29, 1.82) is 0 Å². The second-order valence-corrected chi connectivity index (χ2v) is 4.48. The lowest BCUT2D eigenvalue weighted by molar-refractivity contribution is 0.0941. The van der Waals surface area contributed by atoms with Gasteiger partial charge in [-0.25, -0.2) is 4.39 Å². The van der Waals surface area contributed by atoms with E-state index in [0.717, 1.165) is 0 Å². The van der Waals surface area contributed by atoms with Crippen molar-refractivity contribution in [2.24, 2.45) is 7.05 Å². The average molecular weight is 290 g/mol. The van der Waals surface area contributed by atoms with Gasteiger partial charge >= 0.3 is 0 Å². The molecule has 110 valence electrons. The van der Waals surface area contributed by atoms with Gasteiger partial charge in [-0.05, 0) is 6.07 Å². The van der Waals surface area contributed by atoms with Crippen LogP contribution in [0.4, 0.5) is 4.39 Å². The molecule has 1 N–H and O–H groups in total. The van der Waals surface area contributed by atoms with Gasteiger partial charge in [-0.1, -0.05) is 18.2 Å². The Kier molecular flexibility index (Phi) is 4.37. The van der Waals surface area contributed by atoms with E-state index in [4.69, 9.17) is 4.74 Å². The number of ether oxygens (including phenoxy) is 1. The van der Waals surface area contributed by atoms with E-state index in [0.29, 0.717) is 5.56 Å². The molecule has 5 nitrogen and oxygen atoms in total. The first kappa shape index (κ1) is 14.8. The van der Waals surface area contributed by atoms with Crippen molar-refractivity contribution < 1.29 is 13.9 Å². The van der Waals surface area contributed by atoms with Crippen LogP contribution in [0.15, 0.2) is 41.3 Å². The highest BCUT2D eigenvalue weighted by atomic mass is 19.1. The average Bonchev–Trinajstić information content (AvgIpc) is 2.48. The molecule has 0 unspecified atom stereocenters. The summed E-state index contributed by atoms with van der Waals surface area (Å²) in [7, 11) is 3.01. The quantitative estimate of drug-likeness (QED) is 0.927. The van der Waals surface area contributed by atoms with Crippen LogP contribution < -0.4 is 15.5 Å². The number of halogens is 1. The molecular weight excluding hydrogens is 275 g/mol. The summed E-state index contributed by atoms with van der Waals surface area (Å²) in [5.74, 6) is -0.690. The summed E-state index contributed by atoms with van der Waals surface area (Å²) in [5, 5.41) is 2.58. The highest BCUT2D eigenvalue weighted by Gasteiger charge is 2.12. The van der Waals surface area contributed by atoms with Crippen molar-refractivity contribution in [3.05, 3.63) is 63.8 Å². The minimum absolute atomic E-state index is 0.0473. The van der Waals surface area contributed by atoms with Gasteiger partial charge in [0.2, 0.25) is 5.43 Å². The molecule has 0 aliphatic rings. The number of methoxy groups -OCH3 is 1. The fraction of sp³-hybridized carbons (Fsp3) is 0.200. The second kappa shape index (κ2) is 6.21. The summed E-state index contributed by atoms with van der Waals surface area (Å²) in [6.45, 7) is 0.0473. The van der Waals surface area contributed by atoms with Gasteiger partial charge in [-0.15, -0.1) is 0 Å². The summed E-state index contributed by atoms with van der Waals surface area (Å²) < 4.78 is 19.8. The van der Waals surface area contributed by atoms with E-state index in [9.17, 15) is 14.0 Å². The van der Waals surface area contributed by atoms with Gasteiger partial charge in [0, 0.05) is 25.2 Å². The summed E-state index contributed by atoms with van der Waals surface area (Å²) in [4.78, 5) is 23.7. The zero-order valence-electron chi connectivity index (χ0n) is 11.7. The Balaban J connectivity index is 2.16. The largest absolute Gasteiger partial charge is 0.491 e. The Labute approximate surface area is 121 Å². The SMILES string of the molecule is COc1cn(C)c(C(=O)NCc2ccccc2F)cc1=O. The molecule has 0 atom stereocenters. The van der Waals surface area contributed by atoms with Crippen molar-refractivity contribution in [3.63, 3.8) is 0 Å². The van der Waals surface area contributed by atoms with Crippen LogP contribution in [-0.2, 0) is 13.6 Å². The predicted octanol–water partition coefficient (Wildman–Crippen LogP) is 1.46. The topological polar surface area (TPSA) is 60.3 Å². The van der Waals surface area contributed by atoms with E-state index in [1.807, 2.05) is 0 Å². The highest BCUT2D eigenvalue weighted by Crippen LogP contribution is 2.07. The monoisotopic (exact) mass is 290 g/mol. The maximum atomic E-state index is 13.5. The minimum Gasteiger partial charge on any atom is -0.491 e. The zero-order chi connectivity index (χ0) is 15.4. The Hall–Kier alpha value is -2.63. The molecule has 1 aromatic carbocycles. The molecule has 0 radical (unpaired) electrons. The van der Waals surface area contributed by atoms with Gasteiger partial charge in [0.15, 0.2) is 5.75 Å². The molecule has 0 bridgehead atoms. The Morgan fingerprint density at radius 3 is 2.76 bits per heavy atom. The van der Waals surface area contributed by atoms with Crippen molar-refractivity contribution in [2.75, 3.05) is 7.11 Å². The van der Waals surface area contributed by atoms with Crippen LogP contribution in [0, 0.1) is 5.82 Å². The van der Waals surface area contributed by atoms with Crippen LogP contribution in [0.3, 0.4) is 0 Å². The number of rotatable bonds is 4. The van der Waals surface area contributed by atoms with Gasteiger partial charge in [0.25, 0.3) is 5.91 Å². The number of nitrogens with one attached hydrogen (secondary N) is 1. The Morgan fingerprint density at radius 1 is 1.38 bits per heavy atom. The van der Waals surface area contributed by atoms with Crippen LogP contribution in [0.25, 0.3) is 0 Å².